The normalized spacial score (nSPS) is 23.2. The van der Waals surface area contributed by atoms with Crippen molar-refractivity contribution in [3.8, 4) is 23.8 Å². The van der Waals surface area contributed by atoms with Crippen LogP contribution in [-0.2, 0) is 9.53 Å². The number of carbonyl (C=O) groups excluding carboxylic acids is 1. The van der Waals surface area contributed by atoms with Gasteiger partial charge in [-0.2, -0.15) is 0 Å². The van der Waals surface area contributed by atoms with Gasteiger partial charge in [-0.1, -0.05) is 18.1 Å². The standard InChI is InChI=1S/C18H21NO4/c1-2-10-21-12-14-6-5-9-19(11-14)18(20)17-13-22-15-7-3-4-8-16(15)23-17/h1,3-4,7-8,14,17H,5-6,9-13H2. The zero-order chi connectivity index (χ0) is 16.1. The maximum absolute atomic E-state index is 12.7. The molecule has 1 fully saturated rings. The van der Waals surface area contributed by atoms with Gasteiger partial charge >= 0.3 is 0 Å². The quantitative estimate of drug-likeness (QED) is 0.627. The Kier molecular flexibility index (Phi) is 5.04. The van der Waals surface area contributed by atoms with Crippen LogP contribution < -0.4 is 9.47 Å². The van der Waals surface area contributed by atoms with E-state index in [4.69, 9.17) is 20.6 Å². The number of benzene rings is 1. The molecule has 1 saturated heterocycles. The molecule has 1 aromatic carbocycles. The highest BCUT2D eigenvalue weighted by molar-refractivity contribution is 5.82. The number of fused-ring (bicyclic) bond motifs is 1. The predicted octanol–water partition coefficient (Wildman–Crippen LogP) is 1.71. The lowest BCUT2D eigenvalue weighted by Gasteiger charge is -2.35. The summed E-state index contributed by atoms with van der Waals surface area (Å²) in [5.41, 5.74) is 0. The number of hydrogen-bond acceptors (Lipinski definition) is 4. The summed E-state index contributed by atoms with van der Waals surface area (Å²) in [6.45, 7) is 2.61. The van der Waals surface area contributed by atoms with E-state index in [2.05, 4.69) is 5.92 Å². The minimum atomic E-state index is -0.574. The molecule has 2 unspecified atom stereocenters. The first-order chi connectivity index (χ1) is 11.3. The zero-order valence-corrected chi connectivity index (χ0v) is 13.1. The minimum absolute atomic E-state index is 0.0128. The van der Waals surface area contributed by atoms with E-state index in [0.29, 0.717) is 37.2 Å². The van der Waals surface area contributed by atoms with E-state index in [1.165, 1.54) is 0 Å². The summed E-state index contributed by atoms with van der Waals surface area (Å²) in [4.78, 5) is 14.5. The maximum atomic E-state index is 12.7. The number of likely N-dealkylation sites (tertiary alicyclic amines) is 1. The number of para-hydroxylation sites is 2. The molecule has 0 spiro atoms. The van der Waals surface area contributed by atoms with Gasteiger partial charge in [0.2, 0.25) is 6.10 Å². The van der Waals surface area contributed by atoms with Gasteiger partial charge in [0.15, 0.2) is 11.5 Å². The van der Waals surface area contributed by atoms with Crippen LogP contribution in [-0.4, -0.2) is 49.8 Å². The van der Waals surface area contributed by atoms with E-state index in [1.54, 1.807) is 0 Å². The number of ether oxygens (including phenoxy) is 3. The maximum Gasteiger partial charge on any atom is 0.267 e. The van der Waals surface area contributed by atoms with Crippen LogP contribution in [0.3, 0.4) is 0 Å². The molecule has 0 N–H and O–H groups in total. The molecule has 5 heteroatoms. The van der Waals surface area contributed by atoms with Gasteiger partial charge in [-0.25, -0.2) is 0 Å². The predicted molar refractivity (Wildman–Crippen MR) is 85.3 cm³/mol. The van der Waals surface area contributed by atoms with E-state index >= 15 is 0 Å². The van der Waals surface area contributed by atoms with Crippen LogP contribution in [0.4, 0.5) is 0 Å². The lowest BCUT2D eigenvalue weighted by atomic mass is 9.98. The van der Waals surface area contributed by atoms with Crippen LogP contribution in [0.1, 0.15) is 12.8 Å². The Hall–Kier alpha value is -2.19. The Balaban J connectivity index is 1.57. The van der Waals surface area contributed by atoms with Crippen molar-refractivity contribution >= 4 is 5.91 Å². The van der Waals surface area contributed by atoms with E-state index in [1.807, 2.05) is 29.2 Å². The van der Waals surface area contributed by atoms with Crippen molar-refractivity contribution in [2.75, 3.05) is 32.9 Å². The molecule has 3 rings (SSSR count). The Morgan fingerprint density at radius 3 is 3.04 bits per heavy atom. The lowest BCUT2D eigenvalue weighted by molar-refractivity contribution is -0.143. The smallest absolute Gasteiger partial charge is 0.267 e. The number of rotatable bonds is 4. The molecule has 23 heavy (non-hydrogen) atoms. The van der Waals surface area contributed by atoms with Crippen LogP contribution in [0.15, 0.2) is 24.3 Å². The molecule has 0 radical (unpaired) electrons. The molecule has 1 aromatic rings. The van der Waals surface area contributed by atoms with Crippen molar-refractivity contribution in [1.82, 2.24) is 4.90 Å². The number of nitrogens with zero attached hydrogens (tertiary/aromatic N) is 1. The summed E-state index contributed by atoms with van der Waals surface area (Å²) in [5.74, 6) is 4.10. The number of piperidine rings is 1. The Labute approximate surface area is 136 Å². The molecule has 0 bridgehead atoms. The van der Waals surface area contributed by atoms with Crippen LogP contribution in [0.5, 0.6) is 11.5 Å². The highest BCUT2D eigenvalue weighted by Crippen LogP contribution is 2.31. The zero-order valence-electron chi connectivity index (χ0n) is 13.1. The third-order valence-corrected chi connectivity index (χ3v) is 4.15. The second kappa shape index (κ2) is 7.38. The summed E-state index contributed by atoms with van der Waals surface area (Å²) >= 11 is 0. The molecule has 0 aliphatic carbocycles. The van der Waals surface area contributed by atoms with E-state index < -0.39 is 6.10 Å². The van der Waals surface area contributed by atoms with Gasteiger partial charge in [0.1, 0.15) is 13.2 Å². The molecule has 2 aliphatic heterocycles. The van der Waals surface area contributed by atoms with Crippen LogP contribution in [0.25, 0.3) is 0 Å². The highest BCUT2D eigenvalue weighted by Gasteiger charge is 2.33. The lowest BCUT2D eigenvalue weighted by Crippen LogP contribution is -2.50. The van der Waals surface area contributed by atoms with E-state index in [9.17, 15) is 4.79 Å². The van der Waals surface area contributed by atoms with Crippen molar-refractivity contribution < 1.29 is 19.0 Å². The third kappa shape index (κ3) is 3.77. The number of carbonyl (C=O) groups is 1. The van der Waals surface area contributed by atoms with Crippen molar-refractivity contribution in [2.24, 2.45) is 5.92 Å². The molecule has 0 aromatic heterocycles. The Bertz CT molecular complexity index is 595. The summed E-state index contributed by atoms with van der Waals surface area (Å²) in [7, 11) is 0. The van der Waals surface area contributed by atoms with Gasteiger partial charge in [0.05, 0.1) is 6.61 Å². The van der Waals surface area contributed by atoms with Crippen molar-refractivity contribution in [1.29, 1.82) is 0 Å². The molecule has 5 nitrogen and oxygen atoms in total. The molecular weight excluding hydrogens is 294 g/mol. The fourth-order valence-corrected chi connectivity index (χ4v) is 3.03. The Morgan fingerprint density at radius 2 is 2.22 bits per heavy atom. The van der Waals surface area contributed by atoms with Crippen molar-refractivity contribution in [2.45, 2.75) is 18.9 Å². The molecule has 2 aliphatic rings. The number of amides is 1. The number of hydrogen-bond donors (Lipinski definition) is 0. The molecule has 2 atom stereocenters. The Morgan fingerprint density at radius 1 is 1.39 bits per heavy atom. The van der Waals surface area contributed by atoms with Crippen LogP contribution in [0, 0.1) is 18.3 Å². The average Bonchev–Trinajstić information content (AvgIpc) is 2.61. The summed E-state index contributed by atoms with van der Waals surface area (Å²) in [6.07, 6.45) is 6.64. The summed E-state index contributed by atoms with van der Waals surface area (Å²) in [5, 5.41) is 0. The molecule has 122 valence electrons. The summed E-state index contributed by atoms with van der Waals surface area (Å²) in [6, 6.07) is 7.42. The largest absolute Gasteiger partial charge is 0.485 e. The van der Waals surface area contributed by atoms with Crippen molar-refractivity contribution in [3.05, 3.63) is 24.3 Å². The van der Waals surface area contributed by atoms with Gasteiger partial charge in [-0.05, 0) is 30.9 Å². The summed E-state index contributed by atoms with van der Waals surface area (Å²) < 4.78 is 16.9. The van der Waals surface area contributed by atoms with Gasteiger partial charge in [0, 0.05) is 13.1 Å². The molecule has 0 saturated carbocycles. The number of terminal acetylenes is 1. The topological polar surface area (TPSA) is 48.0 Å². The van der Waals surface area contributed by atoms with Crippen molar-refractivity contribution in [3.63, 3.8) is 0 Å². The second-order valence-electron chi connectivity index (χ2n) is 5.88. The highest BCUT2D eigenvalue weighted by atomic mass is 16.6. The van der Waals surface area contributed by atoms with Crippen LogP contribution in [0.2, 0.25) is 0 Å². The average molecular weight is 315 g/mol. The monoisotopic (exact) mass is 315 g/mol. The van der Waals surface area contributed by atoms with Gasteiger partial charge in [-0.3, -0.25) is 4.79 Å². The fourth-order valence-electron chi connectivity index (χ4n) is 3.03. The first kappa shape index (κ1) is 15.7. The molecule has 2 heterocycles. The van der Waals surface area contributed by atoms with Gasteiger partial charge in [0.25, 0.3) is 5.91 Å². The molecular formula is C18H21NO4. The third-order valence-electron chi connectivity index (χ3n) is 4.15. The first-order valence-electron chi connectivity index (χ1n) is 7.96. The molecule has 1 amide bonds. The van der Waals surface area contributed by atoms with Crippen LogP contribution >= 0.6 is 0 Å². The fraction of sp³-hybridized carbons (Fsp3) is 0.500. The van der Waals surface area contributed by atoms with E-state index in [-0.39, 0.29) is 12.5 Å². The second-order valence-corrected chi connectivity index (χ2v) is 5.88. The van der Waals surface area contributed by atoms with E-state index in [0.717, 1.165) is 19.4 Å². The van der Waals surface area contributed by atoms with Gasteiger partial charge in [-0.15, -0.1) is 6.42 Å². The first-order valence-corrected chi connectivity index (χ1v) is 7.96. The minimum Gasteiger partial charge on any atom is -0.485 e. The SMILES string of the molecule is C#CCOCC1CCCN(C(=O)C2COc3ccccc3O2)C1. The van der Waals surface area contributed by atoms with Gasteiger partial charge < -0.3 is 19.1 Å².